The van der Waals surface area contributed by atoms with Crippen molar-refractivity contribution in [2.24, 2.45) is 5.73 Å². The molecule has 4 N–H and O–H groups in total. The molecule has 0 saturated heterocycles. The van der Waals surface area contributed by atoms with E-state index in [1.54, 1.807) is 12.1 Å². The Morgan fingerprint density at radius 3 is 2.68 bits per heavy atom. The SMILES string of the molecule is COc1cc(CNC[C@H](O)c2ccccc2)cc(Cl)c1OCC(N)=O. The first-order valence-electron chi connectivity index (χ1n) is 7.72. The number of benzene rings is 2. The first-order chi connectivity index (χ1) is 12.0. The van der Waals surface area contributed by atoms with Crippen LogP contribution < -0.4 is 20.5 Å². The van der Waals surface area contributed by atoms with E-state index in [2.05, 4.69) is 5.32 Å². The highest BCUT2D eigenvalue weighted by Crippen LogP contribution is 2.36. The lowest BCUT2D eigenvalue weighted by molar-refractivity contribution is -0.119. The smallest absolute Gasteiger partial charge is 0.255 e. The zero-order valence-electron chi connectivity index (χ0n) is 13.9. The molecule has 0 bridgehead atoms. The van der Waals surface area contributed by atoms with Gasteiger partial charge < -0.3 is 25.6 Å². The van der Waals surface area contributed by atoms with Gasteiger partial charge >= 0.3 is 0 Å². The lowest BCUT2D eigenvalue weighted by Gasteiger charge is -2.15. The number of hydrogen-bond donors (Lipinski definition) is 3. The number of primary amides is 1. The van der Waals surface area contributed by atoms with Gasteiger partial charge in [-0.05, 0) is 23.3 Å². The van der Waals surface area contributed by atoms with Crippen molar-refractivity contribution in [3.8, 4) is 11.5 Å². The second kappa shape index (κ2) is 9.27. The van der Waals surface area contributed by atoms with Crippen LogP contribution in [-0.2, 0) is 11.3 Å². The van der Waals surface area contributed by atoms with Gasteiger partial charge in [0.25, 0.3) is 5.91 Å². The van der Waals surface area contributed by atoms with E-state index in [1.807, 2.05) is 30.3 Å². The van der Waals surface area contributed by atoms with E-state index in [9.17, 15) is 9.90 Å². The van der Waals surface area contributed by atoms with E-state index in [1.165, 1.54) is 7.11 Å². The molecule has 0 aromatic heterocycles. The van der Waals surface area contributed by atoms with E-state index in [-0.39, 0.29) is 12.4 Å². The summed E-state index contributed by atoms with van der Waals surface area (Å²) < 4.78 is 10.5. The van der Waals surface area contributed by atoms with E-state index in [0.29, 0.717) is 23.9 Å². The van der Waals surface area contributed by atoms with E-state index in [0.717, 1.165) is 11.1 Å². The number of aliphatic hydroxyl groups is 1. The van der Waals surface area contributed by atoms with Crippen molar-refractivity contribution in [3.63, 3.8) is 0 Å². The first-order valence-corrected chi connectivity index (χ1v) is 8.10. The summed E-state index contributed by atoms with van der Waals surface area (Å²) in [5.74, 6) is 0.0870. The molecule has 2 aromatic rings. The van der Waals surface area contributed by atoms with Crippen molar-refractivity contribution < 1.29 is 19.4 Å². The number of hydrogen-bond acceptors (Lipinski definition) is 5. The highest BCUT2D eigenvalue weighted by Gasteiger charge is 2.13. The third-order valence-electron chi connectivity index (χ3n) is 3.50. The zero-order valence-corrected chi connectivity index (χ0v) is 14.6. The molecule has 1 amide bonds. The zero-order chi connectivity index (χ0) is 18.2. The molecule has 2 rings (SSSR count). The summed E-state index contributed by atoms with van der Waals surface area (Å²) >= 11 is 6.20. The number of rotatable bonds is 9. The van der Waals surface area contributed by atoms with Crippen LogP contribution >= 0.6 is 11.6 Å². The van der Waals surface area contributed by atoms with Crippen LogP contribution in [0, 0.1) is 0 Å². The molecule has 25 heavy (non-hydrogen) atoms. The van der Waals surface area contributed by atoms with Crippen molar-refractivity contribution in [2.45, 2.75) is 12.6 Å². The first kappa shape index (κ1) is 19.1. The number of nitrogens with two attached hydrogens (primary N) is 1. The number of ether oxygens (including phenoxy) is 2. The second-order valence-electron chi connectivity index (χ2n) is 5.42. The Bertz CT molecular complexity index is 710. The third kappa shape index (κ3) is 5.63. The summed E-state index contributed by atoms with van der Waals surface area (Å²) in [6.07, 6.45) is -0.600. The van der Waals surface area contributed by atoms with Gasteiger partial charge in [0, 0.05) is 13.1 Å². The van der Waals surface area contributed by atoms with Crippen LogP contribution in [-0.4, -0.2) is 31.3 Å². The summed E-state index contributed by atoms with van der Waals surface area (Å²) in [5.41, 5.74) is 6.78. The number of nitrogens with one attached hydrogen (secondary N) is 1. The van der Waals surface area contributed by atoms with Crippen LogP contribution in [0.3, 0.4) is 0 Å². The van der Waals surface area contributed by atoms with Crippen LogP contribution in [0.5, 0.6) is 11.5 Å². The molecule has 0 heterocycles. The summed E-state index contributed by atoms with van der Waals surface area (Å²) in [6.45, 7) is 0.594. The van der Waals surface area contributed by atoms with Gasteiger partial charge in [0.15, 0.2) is 18.1 Å². The molecule has 0 aliphatic carbocycles. The van der Waals surface area contributed by atoms with Crippen LogP contribution in [0.25, 0.3) is 0 Å². The topological polar surface area (TPSA) is 93.8 Å². The van der Waals surface area contributed by atoms with Gasteiger partial charge in [0.05, 0.1) is 18.2 Å². The van der Waals surface area contributed by atoms with Gasteiger partial charge in [-0.3, -0.25) is 4.79 Å². The molecule has 1 atom stereocenters. The molecular formula is C18H21ClN2O4. The minimum Gasteiger partial charge on any atom is -0.493 e. The standard InChI is InChI=1S/C18H21ClN2O4/c1-24-16-8-12(7-14(19)18(16)25-11-17(20)23)9-21-10-15(22)13-5-3-2-4-6-13/h2-8,15,21-22H,9-11H2,1H3,(H2,20,23)/t15-/m0/s1. The monoisotopic (exact) mass is 364 g/mol. The predicted octanol–water partition coefficient (Wildman–Crippen LogP) is 2.04. The molecule has 6 nitrogen and oxygen atoms in total. The van der Waals surface area contributed by atoms with Crippen molar-refractivity contribution >= 4 is 17.5 Å². The van der Waals surface area contributed by atoms with E-state index in [4.69, 9.17) is 26.8 Å². The summed E-state index contributed by atoms with van der Waals surface area (Å²) in [4.78, 5) is 10.9. The Morgan fingerprint density at radius 1 is 1.32 bits per heavy atom. The Kier molecular flexibility index (Phi) is 7.06. The molecule has 0 radical (unpaired) electrons. The molecule has 7 heteroatoms. The quantitative estimate of drug-likeness (QED) is 0.633. The van der Waals surface area contributed by atoms with Gasteiger partial charge in [-0.1, -0.05) is 41.9 Å². The Balaban J connectivity index is 1.98. The Labute approximate surface area is 151 Å². The fourth-order valence-corrected chi connectivity index (χ4v) is 2.59. The fraction of sp³-hybridized carbons (Fsp3) is 0.278. The van der Waals surface area contributed by atoms with Crippen molar-refractivity contribution in [1.29, 1.82) is 0 Å². The van der Waals surface area contributed by atoms with Gasteiger partial charge in [-0.15, -0.1) is 0 Å². The number of aliphatic hydroxyl groups excluding tert-OH is 1. The van der Waals surface area contributed by atoms with Crippen LogP contribution in [0.15, 0.2) is 42.5 Å². The number of halogens is 1. The molecule has 0 spiro atoms. The molecule has 0 aliphatic rings. The number of carbonyl (C=O) groups is 1. The predicted molar refractivity (Wildman–Crippen MR) is 95.8 cm³/mol. The van der Waals surface area contributed by atoms with Crippen molar-refractivity contribution in [3.05, 3.63) is 58.6 Å². The average molecular weight is 365 g/mol. The highest BCUT2D eigenvalue weighted by atomic mass is 35.5. The largest absolute Gasteiger partial charge is 0.493 e. The van der Waals surface area contributed by atoms with E-state index >= 15 is 0 Å². The maximum Gasteiger partial charge on any atom is 0.255 e. The van der Waals surface area contributed by atoms with Gasteiger partial charge in [0.2, 0.25) is 0 Å². The minimum absolute atomic E-state index is 0.274. The fourth-order valence-electron chi connectivity index (χ4n) is 2.30. The normalized spacial score (nSPS) is 11.8. The molecule has 0 aliphatic heterocycles. The average Bonchev–Trinajstić information content (AvgIpc) is 2.60. The Morgan fingerprint density at radius 2 is 2.04 bits per heavy atom. The maximum atomic E-state index is 10.9. The lowest BCUT2D eigenvalue weighted by atomic mass is 10.1. The van der Waals surface area contributed by atoms with Gasteiger partial charge in [0.1, 0.15) is 0 Å². The van der Waals surface area contributed by atoms with Crippen LogP contribution in [0.2, 0.25) is 5.02 Å². The van der Waals surface area contributed by atoms with Crippen LogP contribution in [0.1, 0.15) is 17.2 Å². The van der Waals surface area contributed by atoms with Gasteiger partial charge in [-0.2, -0.15) is 0 Å². The number of carbonyl (C=O) groups excluding carboxylic acids is 1. The van der Waals surface area contributed by atoms with Crippen molar-refractivity contribution in [1.82, 2.24) is 5.32 Å². The summed E-state index contributed by atoms with van der Waals surface area (Å²) in [7, 11) is 1.49. The van der Waals surface area contributed by atoms with Crippen LogP contribution in [0.4, 0.5) is 0 Å². The third-order valence-corrected chi connectivity index (χ3v) is 3.78. The van der Waals surface area contributed by atoms with E-state index < -0.39 is 12.0 Å². The highest BCUT2D eigenvalue weighted by molar-refractivity contribution is 6.32. The molecule has 134 valence electrons. The molecule has 0 unspecified atom stereocenters. The second-order valence-corrected chi connectivity index (χ2v) is 5.83. The minimum atomic E-state index is -0.600. The number of amides is 1. The molecule has 0 saturated carbocycles. The van der Waals surface area contributed by atoms with Gasteiger partial charge in [-0.25, -0.2) is 0 Å². The lowest BCUT2D eigenvalue weighted by Crippen LogP contribution is -2.21. The van der Waals surface area contributed by atoms with Crippen molar-refractivity contribution in [2.75, 3.05) is 20.3 Å². The Hall–Kier alpha value is -2.28. The molecule has 0 fully saturated rings. The summed E-state index contributed by atoms with van der Waals surface area (Å²) in [6, 6.07) is 12.9. The molecular weight excluding hydrogens is 344 g/mol. The maximum absolute atomic E-state index is 10.9. The molecule has 2 aromatic carbocycles. The summed E-state index contributed by atoms with van der Waals surface area (Å²) in [5, 5.41) is 13.6. The number of methoxy groups -OCH3 is 1.